The maximum absolute atomic E-state index is 13.9. The van der Waals surface area contributed by atoms with Crippen LogP contribution in [0.4, 0.5) is 17.1 Å². The van der Waals surface area contributed by atoms with Gasteiger partial charge in [-0.3, -0.25) is 24.5 Å². The standard InChI is InChI=1S/C39H34N4O5S/c1-3-27-20-12-14-26(2)35(27)42-39(46)36(28-15-6-4-7-16-28)49-32-22-13-21-31(25-32)40-38(45)33(41-37(44)29-17-8-5-9-18-29)24-30-19-10-11-23-34(30)43(47)48/h4-25,36H,3H2,1-2H3,(H,40,45)(H,41,44)(H,42,46)/b33-24+. The summed E-state index contributed by atoms with van der Waals surface area (Å²) in [6, 6.07) is 36.7. The number of hydrogen-bond donors (Lipinski definition) is 3. The predicted octanol–water partition coefficient (Wildman–Crippen LogP) is 8.35. The third kappa shape index (κ3) is 8.88. The van der Waals surface area contributed by atoms with Crippen molar-refractivity contribution in [3.8, 4) is 0 Å². The molecule has 0 saturated heterocycles. The molecule has 5 aromatic carbocycles. The van der Waals surface area contributed by atoms with Crippen molar-refractivity contribution in [2.75, 3.05) is 10.6 Å². The Kier molecular flexibility index (Phi) is 11.4. The van der Waals surface area contributed by atoms with Gasteiger partial charge in [-0.15, -0.1) is 11.8 Å². The molecule has 49 heavy (non-hydrogen) atoms. The molecule has 0 fully saturated rings. The first-order chi connectivity index (χ1) is 23.7. The van der Waals surface area contributed by atoms with Crippen LogP contribution in [-0.2, 0) is 16.0 Å². The zero-order valence-electron chi connectivity index (χ0n) is 26.9. The Balaban J connectivity index is 1.42. The highest BCUT2D eigenvalue weighted by Gasteiger charge is 2.24. The van der Waals surface area contributed by atoms with E-state index in [1.165, 1.54) is 36.0 Å². The molecule has 9 nitrogen and oxygen atoms in total. The van der Waals surface area contributed by atoms with Crippen LogP contribution < -0.4 is 16.0 Å². The van der Waals surface area contributed by atoms with Crippen LogP contribution in [0, 0.1) is 17.0 Å². The Morgan fingerprint density at radius 3 is 2.20 bits per heavy atom. The average Bonchev–Trinajstić information content (AvgIpc) is 3.12. The lowest BCUT2D eigenvalue weighted by atomic mass is 10.1. The first-order valence-electron chi connectivity index (χ1n) is 15.6. The van der Waals surface area contributed by atoms with Gasteiger partial charge in [0.1, 0.15) is 10.9 Å². The van der Waals surface area contributed by atoms with Crippen LogP contribution in [0.5, 0.6) is 0 Å². The molecule has 5 aromatic rings. The Labute approximate surface area is 288 Å². The van der Waals surface area contributed by atoms with Gasteiger partial charge < -0.3 is 16.0 Å². The summed E-state index contributed by atoms with van der Waals surface area (Å²) in [4.78, 5) is 52.5. The fourth-order valence-corrected chi connectivity index (χ4v) is 6.23. The molecule has 1 unspecified atom stereocenters. The molecule has 3 N–H and O–H groups in total. The monoisotopic (exact) mass is 670 g/mol. The summed E-state index contributed by atoms with van der Waals surface area (Å²) in [5, 5.41) is 19.7. The van der Waals surface area contributed by atoms with E-state index in [0.717, 1.165) is 28.8 Å². The molecule has 246 valence electrons. The molecule has 5 rings (SSSR count). The Morgan fingerprint density at radius 2 is 1.49 bits per heavy atom. The van der Waals surface area contributed by atoms with Gasteiger partial charge in [-0.05, 0) is 72.5 Å². The molecular formula is C39H34N4O5S. The summed E-state index contributed by atoms with van der Waals surface area (Å²) in [5.41, 5.74) is 4.07. The molecule has 0 aliphatic rings. The first-order valence-corrected chi connectivity index (χ1v) is 16.5. The quantitative estimate of drug-likeness (QED) is 0.0529. The smallest absolute Gasteiger partial charge is 0.276 e. The Hall–Kier alpha value is -6.00. The van der Waals surface area contributed by atoms with Crippen molar-refractivity contribution in [2.45, 2.75) is 30.4 Å². The number of amides is 3. The SMILES string of the molecule is CCc1cccc(C)c1NC(=O)C(Sc1cccc(NC(=O)/C(=C\c2ccccc2[N+](=O)[O-])NC(=O)c2ccccc2)c1)c1ccccc1. The van der Waals surface area contributed by atoms with Gasteiger partial charge >= 0.3 is 0 Å². The third-order valence-corrected chi connectivity index (χ3v) is 8.88. The van der Waals surface area contributed by atoms with E-state index < -0.39 is 22.0 Å². The molecule has 10 heteroatoms. The van der Waals surface area contributed by atoms with Crippen LogP contribution in [0.25, 0.3) is 6.08 Å². The number of aryl methyl sites for hydroxylation is 2. The van der Waals surface area contributed by atoms with Crippen LogP contribution in [0.3, 0.4) is 0 Å². The van der Waals surface area contributed by atoms with E-state index in [1.807, 2.05) is 68.4 Å². The fourth-order valence-electron chi connectivity index (χ4n) is 5.15. The number of nitrogens with zero attached hydrogens (tertiary/aromatic N) is 1. The summed E-state index contributed by atoms with van der Waals surface area (Å²) in [6.07, 6.45) is 2.04. The lowest BCUT2D eigenvalue weighted by molar-refractivity contribution is -0.385. The lowest BCUT2D eigenvalue weighted by Gasteiger charge is -2.20. The lowest BCUT2D eigenvalue weighted by Crippen LogP contribution is -2.30. The number of rotatable bonds is 12. The normalized spacial score (nSPS) is 11.7. The topological polar surface area (TPSA) is 130 Å². The minimum atomic E-state index is -0.686. The van der Waals surface area contributed by atoms with Gasteiger partial charge in [0.2, 0.25) is 5.91 Å². The highest BCUT2D eigenvalue weighted by atomic mass is 32.2. The number of anilines is 2. The van der Waals surface area contributed by atoms with Gasteiger partial charge in [0.05, 0.1) is 10.5 Å². The number of nitrogens with one attached hydrogen (secondary N) is 3. The van der Waals surface area contributed by atoms with Gasteiger partial charge in [-0.25, -0.2) is 0 Å². The zero-order valence-corrected chi connectivity index (χ0v) is 27.7. The minimum Gasteiger partial charge on any atom is -0.324 e. The van der Waals surface area contributed by atoms with Crippen molar-refractivity contribution in [2.24, 2.45) is 0 Å². The maximum atomic E-state index is 13.9. The van der Waals surface area contributed by atoms with Crippen molar-refractivity contribution < 1.29 is 19.3 Å². The van der Waals surface area contributed by atoms with E-state index in [0.29, 0.717) is 16.1 Å². The molecule has 3 amide bonds. The van der Waals surface area contributed by atoms with Crippen molar-refractivity contribution in [3.05, 3.63) is 171 Å². The zero-order chi connectivity index (χ0) is 34.8. The molecule has 1 atom stereocenters. The Bertz CT molecular complexity index is 2020. The van der Waals surface area contributed by atoms with E-state index in [2.05, 4.69) is 16.0 Å². The van der Waals surface area contributed by atoms with E-state index in [9.17, 15) is 24.5 Å². The van der Waals surface area contributed by atoms with Gasteiger partial charge in [0.25, 0.3) is 17.5 Å². The van der Waals surface area contributed by atoms with Crippen molar-refractivity contribution in [3.63, 3.8) is 0 Å². The average molecular weight is 671 g/mol. The van der Waals surface area contributed by atoms with Crippen LogP contribution in [0.2, 0.25) is 0 Å². The van der Waals surface area contributed by atoms with Crippen LogP contribution >= 0.6 is 11.8 Å². The number of nitro benzene ring substituents is 1. The van der Waals surface area contributed by atoms with Gasteiger partial charge in [0.15, 0.2) is 0 Å². The summed E-state index contributed by atoms with van der Waals surface area (Å²) in [6.45, 7) is 4.01. The summed E-state index contributed by atoms with van der Waals surface area (Å²) < 4.78 is 0. The van der Waals surface area contributed by atoms with Crippen LogP contribution in [0.1, 0.15) is 44.8 Å². The van der Waals surface area contributed by atoms with Gasteiger partial charge in [-0.2, -0.15) is 0 Å². The molecule has 0 aromatic heterocycles. The summed E-state index contributed by atoms with van der Waals surface area (Å²) in [5.74, 6) is -1.43. The summed E-state index contributed by atoms with van der Waals surface area (Å²) >= 11 is 1.33. The Morgan fingerprint density at radius 1 is 0.816 bits per heavy atom. The van der Waals surface area contributed by atoms with Gasteiger partial charge in [0, 0.05) is 27.9 Å². The number of benzene rings is 5. The second-order valence-corrected chi connectivity index (χ2v) is 12.2. The third-order valence-electron chi connectivity index (χ3n) is 7.64. The number of para-hydroxylation sites is 2. The first kappa shape index (κ1) is 34.3. The van der Waals surface area contributed by atoms with E-state index in [1.54, 1.807) is 54.6 Å². The molecule has 0 spiro atoms. The van der Waals surface area contributed by atoms with Crippen LogP contribution in [0.15, 0.2) is 138 Å². The van der Waals surface area contributed by atoms with Crippen molar-refractivity contribution in [1.82, 2.24) is 5.32 Å². The molecule has 0 radical (unpaired) electrons. The largest absolute Gasteiger partial charge is 0.324 e. The highest BCUT2D eigenvalue weighted by Crippen LogP contribution is 2.38. The molecule has 0 bridgehead atoms. The van der Waals surface area contributed by atoms with Crippen molar-refractivity contribution in [1.29, 1.82) is 0 Å². The maximum Gasteiger partial charge on any atom is 0.276 e. The number of carbonyl (C=O) groups is 3. The number of carbonyl (C=O) groups excluding carboxylic acids is 3. The second-order valence-electron chi connectivity index (χ2n) is 11.0. The van der Waals surface area contributed by atoms with Gasteiger partial charge in [-0.1, -0.05) is 91.9 Å². The van der Waals surface area contributed by atoms with E-state index in [4.69, 9.17) is 0 Å². The second kappa shape index (κ2) is 16.2. The number of hydrogen-bond acceptors (Lipinski definition) is 6. The molecular weight excluding hydrogens is 637 g/mol. The van der Waals surface area contributed by atoms with E-state index >= 15 is 0 Å². The number of thioether (sulfide) groups is 1. The predicted molar refractivity (Wildman–Crippen MR) is 194 cm³/mol. The van der Waals surface area contributed by atoms with E-state index in [-0.39, 0.29) is 22.9 Å². The number of nitro groups is 1. The molecule has 0 aliphatic carbocycles. The van der Waals surface area contributed by atoms with Crippen LogP contribution in [-0.4, -0.2) is 22.6 Å². The highest BCUT2D eigenvalue weighted by molar-refractivity contribution is 8.00. The molecule has 0 heterocycles. The summed E-state index contributed by atoms with van der Waals surface area (Å²) in [7, 11) is 0. The molecule has 0 aliphatic heterocycles. The fraction of sp³-hybridized carbons (Fsp3) is 0.103. The minimum absolute atomic E-state index is 0.145. The van der Waals surface area contributed by atoms with Crippen molar-refractivity contribution >= 4 is 52.6 Å². The molecule has 0 saturated carbocycles.